The summed E-state index contributed by atoms with van der Waals surface area (Å²) in [6.07, 6.45) is 5.74. The van der Waals surface area contributed by atoms with E-state index in [9.17, 15) is 0 Å². The first-order chi connectivity index (χ1) is 9.67. The Hall–Kier alpha value is -0.540. The number of hydrogen-bond acceptors (Lipinski definition) is 2. The van der Waals surface area contributed by atoms with E-state index in [0.717, 1.165) is 41.1 Å². The molecule has 3 rings (SSSR count). The fraction of sp³-hybridized carbons (Fsp3) is 0.647. The minimum absolute atomic E-state index is 0.791. The molecule has 3 atom stereocenters. The molecule has 2 fully saturated rings. The SMILES string of the molecule is CNCc1cc(Br)cc(C)c1OCC1CC2CCC1C2. The van der Waals surface area contributed by atoms with Gasteiger partial charge in [0, 0.05) is 16.6 Å². The van der Waals surface area contributed by atoms with Crippen molar-refractivity contribution >= 4 is 15.9 Å². The maximum absolute atomic E-state index is 6.25. The molecule has 2 bridgehead atoms. The number of halogens is 1. The third kappa shape index (κ3) is 2.89. The van der Waals surface area contributed by atoms with Crippen LogP contribution in [-0.4, -0.2) is 13.7 Å². The van der Waals surface area contributed by atoms with Crippen molar-refractivity contribution in [2.45, 2.75) is 39.2 Å². The molecule has 1 aromatic carbocycles. The number of benzene rings is 1. The summed E-state index contributed by atoms with van der Waals surface area (Å²) in [6, 6.07) is 4.31. The van der Waals surface area contributed by atoms with Crippen molar-refractivity contribution in [3.8, 4) is 5.75 Å². The van der Waals surface area contributed by atoms with Crippen molar-refractivity contribution in [3.63, 3.8) is 0 Å². The lowest BCUT2D eigenvalue weighted by Gasteiger charge is -2.23. The molecule has 2 saturated carbocycles. The van der Waals surface area contributed by atoms with Gasteiger partial charge in [0.1, 0.15) is 5.75 Å². The molecular weight excluding hydrogens is 314 g/mol. The third-order valence-electron chi connectivity index (χ3n) is 5.01. The van der Waals surface area contributed by atoms with Crippen molar-refractivity contribution in [2.24, 2.45) is 17.8 Å². The van der Waals surface area contributed by atoms with Crippen LogP contribution in [0.3, 0.4) is 0 Å². The highest BCUT2D eigenvalue weighted by Crippen LogP contribution is 2.48. The van der Waals surface area contributed by atoms with Crippen LogP contribution < -0.4 is 10.1 Å². The summed E-state index contributed by atoms with van der Waals surface area (Å²) in [5.41, 5.74) is 2.48. The molecule has 20 heavy (non-hydrogen) atoms. The fourth-order valence-corrected chi connectivity index (χ4v) is 4.72. The van der Waals surface area contributed by atoms with Crippen LogP contribution in [0.2, 0.25) is 0 Å². The monoisotopic (exact) mass is 337 g/mol. The van der Waals surface area contributed by atoms with Gasteiger partial charge in [-0.05, 0) is 68.7 Å². The van der Waals surface area contributed by atoms with Crippen LogP contribution in [0.5, 0.6) is 5.75 Å². The van der Waals surface area contributed by atoms with E-state index < -0.39 is 0 Å². The van der Waals surface area contributed by atoms with E-state index in [1.165, 1.54) is 36.8 Å². The van der Waals surface area contributed by atoms with Crippen LogP contribution in [0, 0.1) is 24.7 Å². The van der Waals surface area contributed by atoms with E-state index in [1.54, 1.807) is 0 Å². The summed E-state index contributed by atoms with van der Waals surface area (Å²) < 4.78 is 7.38. The summed E-state index contributed by atoms with van der Waals surface area (Å²) in [4.78, 5) is 0. The Bertz CT molecular complexity index is 488. The Kier molecular flexibility index (Phi) is 4.37. The van der Waals surface area contributed by atoms with Gasteiger partial charge in [-0.25, -0.2) is 0 Å². The highest BCUT2D eigenvalue weighted by atomic mass is 79.9. The Morgan fingerprint density at radius 2 is 2.15 bits per heavy atom. The Labute approximate surface area is 130 Å². The first-order valence-electron chi connectivity index (χ1n) is 7.73. The number of fused-ring (bicyclic) bond motifs is 2. The zero-order valence-electron chi connectivity index (χ0n) is 12.4. The molecule has 0 aliphatic heterocycles. The predicted molar refractivity (Wildman–Crippen MR) is 86.1 cm³/mol. The molecule has 1 N–H and O–H groups in total. The van der Waals surface area contributed by atoms with Crippen molar-refractivity contribution in [3.05, 3.63) is 27.7 Å². The quantitative estimate of drug-likeness (QED) is 0.865. The largest absolute Gasteiger partial charge is 0.493 e. The molecule has 0 aromatic heterocycles. The van der Waals surface area contributed by atoms with Gasteiger partial charge in [0.05, 0.1) is 6.61 Å². The molecular formula is C17H24BrNO. The van der Waals surface area contributed by atoms with Gasteiger partial charge in [-0.3, -0.25) is 0 Å². The molecule has 2 aliphatic carbocycles. The van der Waals surface area contributed by atoms with E-state index in [1.807, 2.05) is 7.05 Å². The van der Waals surface area contributed by atoms with E-state index in [4.69, 9.17) is 4.74 Å². The van der Waals surface area contributed by atoms with Crippen molar-refractivity contribution in [1.82, 2.24) is 5.32 Å². The highest BCUT2D eigenvalue weighted by Gasteiger charge is 2.39. The van der Waals surface area contributed by atoms with E-state index in [2.05, 4.69) is 40.3 Å². The second kappa shape index (κ2) is 6.07. The van der Waals surface area contributed by atoms with Gasteiger partial charge in [0.25, 0.3) is 0 Å². The number of aryl methyl sites for hydroxylation is 1. The molecule has 2 nitrogen and oxygen atoms in total. The average molecular weight is 338 g/mol. The molecule has 3 heteroatoms. The summed E-state index contributed by atoms with van der Waals surface area (Å²) in [5.74, 6) is 3.81. The Morgan fingerprint density at radius 1 is 1.30 bits per heavy atom. The van der Waals surface area contributed by atoms with Crippen LogP contribution in [0.25, 0.3) is 0 Å². The van der Waals surface area contributed by atoms with Crippen molar-refractivity contribution in [2.75, 3.05) is 13.7 Å². The van der Waals surface area contributed by atoms with Crippen LogP contribution in [0.15, 0.2) is 16.6 Å². The Balaban J connectivity index is 1.70. The molecule has 1 aromatic rings. The van der Waals surface area contributed by atoms with Gasteiger partial charge in [-0.15, -0.1) is 0 Å². The van der Waals surface area contributed by atoms with Gasteiger partial charge >= 0.3 is 0 Å². The summed E-state index contributed by atoms with van der Waals surface area (Å²) >= 11 is 3.58. The van der Waals surface area contributed by atoms with Crippen LogP contribution in [0.1, 0.15) is 36.8 Å². The second-order valence-corrected chi connectivity index (χ2v) is 7.40. The Morgan fingerprint density at radius 3 is 2.80 bits per heavy atom. The second-order valence-electron chi connectivity index (χ2n) is 6.49. The molecule has 3 unspecified atom stereocenters. The number of ether oxygens (including phenoxy) is 1. The summed E-state index contributed by atoms with van der Waals surface area (Å²) in [7, 11) is 1.98. The molecule has 0 spiro atoms. The van der Waals surface area contributed by atoms with Crippen LogP contribution >= 0.6 is 15.9 Å². The van der Waals surface area contributed by atoms with E-state index >= 15 is 0 Å². The predicted octanol–water partition coefficient (Wildman–Crippen LogP) is 4.29. The maximum atomic E-state index is 6.25. The van der Waals surface area contributed by atoms with Gasteiger partial charge < -0.3 is 10.1 Å². The highest BCUT2D eigenvalue weighted by molar-refractivity contribution is 9.10. The minimum atomic E-state index is 0.791. The number of nitrogens with one attached hydrogen (secondary N) is 1. The molecule has 110 valence electrons. The van der Waals surface area contributed by atoms with Gasteiger partial charge in [0.2, 0.25) is 0 Å². The van der Waals surface area contributed by atoms with Gasteiger partial charge in [0.15, 0.2) is 0 Å². The number of rotatable bonds is 5. The normalized spacial score (nSPS) is 28.1. The third-order valence-corrected chi connectivity index (χ3v) is 5.47. The topological polar surface area (TPSA) is 21.3 Å². The lowest BCUT2D eigenvalue weighted by molar-refractivity contribution is 0.193. The summed E-state index contributed by atoms with van der Waals surface area (Å²) in [5, 5.41) is 3.23. The molecule has 2 aliphatic rings. The lowest BCUT2D eigenvalue weighted by Crippen LogP contribution is -2.19. The van der Waals surface area contributed by atoms with Crippen molar-refractivity contribution in [1.29, 1.82) is 0 Å². The maximum Gasteiger partial charge on any atom is 0.126 e. The van der Waals surface area contributed by atoms with Crippen LogP contribution in [0.4, 0.5) is 0 Å². The smallest absolute Gasteiger partial charge is 0.126 e. The number of hydrogen-bond donors (Lipinski definition) is 1. The van der Waals surface area contributed by atoms with Gasteiger partial charge in [-0.1, -0.05) is 22.4 Å². The first-order valence-corrected chi connectivity index (χ1v) is 8.53. The van der Waals surface area contributed by atoms with Crippen LogP contribution in [-0.2, 0) is 6.54 Å². The molecule has 0 heterocycles. The molecule has 0 saturated heterocycles. The summed E-state index contributed by atoms with van der Waals surface area (Å²) in [6.45, 7) is 3.90. The first kappa shape index (κ1) is 14.4. The zero-order chi connectivity index (χ0) is 14.1. The van der Waals surface area contributed by atoms with E-state index in [-0.39, 0.29) is 0 Å². The fourth-order valence-electron chi connectivity index (χ4n) is 4.10. The molecule has 0 amide bonds. The van der Waals surface area contributed by atoms with Crippen molar-refractivity contribution < 1.29 is 4.74 Å². The average Bonchev–Trinajstić information content (AvgIpc) is 3.00. The van der Waals surface area contributed by atoms with E-state index in [0.29, 0.717) is 0 Å². The minimum Gasteiger partial charge on any atom is -0.493 e. The standard InChI is InChI=1S/C17H24BrNO/c1-11-5-16(18)8-14(9-19-2)17(11)20-10-15-7-12-3-4-13(15)6-12/h5,8,12-13,15,19H,3-4,6-7,9-10H2,1-2H3. The lowest BCUT2D eigenvalue weighted by atomic mass is 9.89. The molecule has 0 radical (unpaired) electrons. The van der Waals surface area contributed by atoms with Gasteiger partial charge in [-0.2, -0.15) is 0 Å². The zero-order valence-corrected chi connectivity index (χ0v) is 14.0.